The van der Waals surface area contributed by atoms with E-state index in [1.165, 1.54) is 18.2 Å². The minimum absolute atomic E-state index is 0.00978. The van der Waals surface area contributed by atoms with Crippen LogP contribution in [0.3, 0.4) is 0 Å². The van der Waals surface area contributed by atoms with Crippen LogP contribution in [0.25, 0.3) is 0 Å². The van der Waals surface area contributed by atoms with E-state index >= 15 is 0 Å². The summed E-state index contributed by atoms with van der Waals surface area (Å²) in [6, 6.07) is 13.6. The molecule has 21 heavy (non-hydrogen) atoms. The molecule has 110 valence electrons. The minimum Gasteiger partial charge on any atom is -0.489 e. The topological polar surface area (TPSA) is 69.4 Å². The van der Waals surface area contributed by atoms with Crippen LogP contribution in [0.1, 0.15) is 29.8 Å². The molecule has 0 saturated carbocycles. The van der Waals surface area contributed by atoms with Crippen LogP contribution < -0.4 is 4.74 Å². The number of nitro benzene ring substituents is 1. The van der Waals surface area contributed by atoms with Crippen LogP contribution >= 0.6 is 0 Å². The lowest BCUT2D eigenvalue weighted by Crippen LogP contribution is -1.98. The Morgan fingerprint density at radius 1 is 1.14 bits per heavy atom. The highest BCUT2D eigenvalue weighted by Crippen LogP contribution is 2.23. The quantitative estimate of drug-likeness (QED) is 0.473. The fourth-order valence-electron chi connectivity index (χ4n) is 1.62. The molecular weight excluding hydrogens is 270 g/mol. The smallest absolute Gasteiger partial charge is 0.280 e. The first-order valence-corrected chi connectivity index (χ1v) is 6.61. The SMILES string of the molecule is CC.O=Cc1cc(OCc2ccccc2)ccc1[N+](=O)[O-]. The van der Waals surface area contributed by atoms with E-state index in [9.17, 15) is 14.9 Å². The van der Waals surface area contributed by atoms with Crippen LogP contribution in [0.15, 0.2) is 48.5 Å². The normalized spacial score (nSPS) is 9.24. The van der Waals surface area contributed by atoms with Gasteiger partial charge in [0.2, 0.25) is 0 Å². The molecule has 0 saturated heterocycles. The zero-order valence-corrected chi connectivity index (χ0v) is 12.0. The Morgan fingerprint density at radius 2 is 1.81 bits per heavy atom. The van der Waals surface area contributed by atoms with Gasteiger partial charge in [-0.1, -0.05) is 44.2 Å². The van der Waals surface area contributed by atoms with E-state index in [1.54, 1.807) is 0 Å². The standard InChI is InChI=1S/C14H11NO4.C2H6/c16-9-12-8-13(6-7-14(12)15(17)18)19-10-11-4-2-1-3-5-11;1-2/h1-9H,10H2;1-2H3. The summed E-state index contributed by atoms with van der Waals surface area (Å²) < 4.78 is 5.49. The van der Waals surface area contributed by atoms with Gasteiger partial charge < -0.3 is 4.74 Å². The van der Waals surface area contributed by atoms with Crippen LogP contribution in [-0.4, -0.2) is 11.2 Å². The molecule has 0 heterocycles. The summed E-state index contributed by atoms with van der Waals surface area (Å²) in [5.74, 6) is 0.427. The van der Waals surface area contributed by atoms with E-state index in [0.717, 1.165) is 5.56 Å². The number of hydrogen-bond donors (Lipinski definition) is 0. The molecule has 2 rings (SSSR count). The van der Waals surface area contributed by atoms with Crippen molar-refractivity contribution in [2.45, 2.75) is 20.5 Å². The minimum atomic E-state index is -0.593. The van der Waals surface area contributed by atoms with E-state index in [4.69, 9.17) is 4.74 Å². The van der Waals surface area contributed by atoms with Crippen molar-refractivity contribution in [3.8, 4) is 5.75 Å². The van der Waals surface area contributed by atoms with Crippen molar-refractivity contribution in [3.63, 3.8) is 0 Å². The van der Waals surface area contributed by atoms with Gasteiger partial charge >= 0.3 is 0 Å². The number of carbonyl (C=O) groups excluding carboxylic acids is 1. The van der Waals surface area contributed by atoms with Gasteiger partial charge in [-0.25, -0.2) is 0 Å². The van der Waals surface area contributed by atoms with Gasteiger partial charge in [0, 0.05) is 6.07 Å². The summed E-state index contributed by atoms with van der Waals surface area (Å²) in [6.45, 7) is 4.34. The first-order chi connectivity index (χ1) is 10.2. The summed E-state index contributed by atoms with van der Waals surface area (Å²) in [5.41, 5.74) is 0.770. The number of benzene rings is 2. The summed E-state index contributed by atoms with van der Waals surface area (Å²) in [4.78, 5) is 20.9. The van der Waals surface area contributed by atoms with Crippen LogP contribution in [0.2, 0.25) is 0 Å². The predicted octanol–water partition coefficient (Wildman–Crippen LogP) is 4.01. The second-order valence-corrected chi connectivity index (χ2v) is 3.87. The van der Waals surface area contributed by atoms with Crippen molar-refractivity contribution in [2.24, 2.45) is 0 Å². The van der Waals surface area contributed by atoms with Crippen LogP contribution in [0, 0.1) is 10.1 Å². The van der Waals surface area contributed by atoms with Gasteiger partial charge in [0.25, 0.3) is 5.69 Å². The largest absolute Gasteiger partial charge is 0.489 e. The molecular formula is C16H17NO4. The third kappa shape index (κ3) is 4.72. The highest BCUT2D eigenvalue weighted by molar-refractivity contribution is 5.82. The van der Waals surface area contributed by atoms with Gasteiger partial charge in [-0.3, -0.25) is 14.9 Å². The van der Waals surface area contributed by atoms with Gasteiger partial charge in [0.15, 0.2) is 6.29 Å². The van der Waals surface area contributed by atoms with Crippen molar-refractivity contribution >= 4 is 12.0 Å². The molecule has 0 bridgehead atoms. The molecule has 0 aromatic heterocycles. The van der Waals surface area contributed by atoms with E-state index < -0.39 is 4.92 Å². The van der Waals surface area contributed by atoms with Crippen molar-refractivity contribution in [2.75, 3.05) is 0 Å². The Bertz CT molecular complexity index is 596. The number of carbonyl (C=O) groups is 1. The van der Waals surface area contributed by atoms with Crippen LogP contribution in [-0.2, 0) is 6.61 Å². The molecule has 0 atom stereocenters. The summed E-state index contributed by atoms with van der Waals surface area (Å²) in [6.07, 6.45) is 0.452. The molecule has 0 aliphatic rings. The maximum absolute atomic E-state index is 10.8. The van der Waals surface area contributed by atoms with Crippen LogP contribution in [0.5, 0.6) is 5.75 Å². The molecule has 0 fully saturated rings. The first-order valence-electron chi connectivity index (χ1n) is 6.61. The molecule has 0 radical (unpaired) electrons. The van der Waals surface area contributed by atoms with Crippen molar-refractivity contribution in [3.05, 3.63) is 69.8 Å². The van der Waals surface area contributed by atoms with E-state index in [-0.39, 0.29) is 11.3 Å². The van der Waals surface area contributed by atoms with Crippen molar-refractivity contribution in [1.29, 1.82) is 0 Å². The fourth-order valence-corrected chi connectivity index (χ4v) is 1.62. The average molecular weight is 287 g/mol. The van der Waals surface area contributed by atoms with Crippen molar-refractivity contribution in [1.82, 2.24) is 0 Å². The predicted molar refractivity (Wildman–Crippen MR) is 80.6 cm³/mol. The molecule has 2 aromatic rings. The summed E-state index contributed by atoms with van der Waals surface area (Å²) in [5, 5.41) is 10.7. The summed E-state index contributed by atoms with van der Waals surface area (Å²) >= 11 is 0. The second kappa shape index (κ2) is 8.47. The lowest BCUT2D eigenvalue weighted by atomic mass is 10.2. The highest BCUT2D eigenvalue weighted by atomic mass is 16.6. The zero-order valence-electron chi connectivity index (χ0n) is 12.0. The number of aldehydes is 1. The second-order valence-electron chi connectivity index (χ2n) is 3.87. The summed E-state index contributed by atoms with van der Waals surface area (Å²) in [7, 11) is 0. The molecule has 5 heteroatoms. The number of nitrogens with zero attached hydrogens (tertiary/aromatic N) is 1. The highest BCUT2D eigenvalue weighted by Gasteiger charge is 2.13. The van der Waals surface area contributed by atoms with Gasteiger partial charge in [-0.05, 0) is 17.7 Å². The van der Waals surface area contributed by atoms with Gasteiger partial charge in [-0.15, -0.1) is 0 Å². The maximum Gasteiger partial charge on any atom is 0.280 e. The van der Waals surface area contributed by atoms with E-state index in [1.807, 2.05) is 44.2 Å². The van der Waals surface area contributed by atoms with Gasteiger partial charge in [0.1, 0.15) is 12.4 Å². The Kier molecular flexibility index (Phi) is 6.60. The van der Waals surface area contributed by atoms with Crippen molar-refractivity contribution < 1.29 is 14.5 Å². The average Bonchev–Trinajstić information content (AvgIpc) is 2.55. The zero-order chi connectivity index (χ0) is 15.7. The van der Waals surface area contributed by atoms with Crippen LogP contribution in [0.4, 0.5) is 5.69 Å². The number of ether oxygens (including phenoxy) is 1. The Balaban J connectivity index is 0.00000106. The third-order valence-corrected chi connectivity index (χ3v) is 2.57. The van der Waals surface area contributed by atoms with Gasteiger partial charge in [0.05, 0.1) is 10.5 Å². The van der Waals surface area contributed by atoms with E-state index in [2.05, 4.69) is 0 Å². The fraction of sp³-hybridized carbons (Fsp3) is 0.188. The third-order valence-electron chi connectivity index (χ3n) is 2.57. The lowest BCUT2D eigenvalue weighted by molar-refractivity contribution is -0.385. The lowest BCUT2D eigenvalue weighted by Gasteiger charge is -2.06. The Morgan fingerprint density at radius 3 is 2.38 bits per heavy atom. The maximum atomic E-state index is 10.8. The monoisotopic (exact) mass is 287 g/mol. The molecule has 0 aliphatic carbocycles. The number of hydrogen-bond acceptors (Lipinski definition) is 4. The number of rotatable bonds is 5. The number of nitro groups is 1. The van der Waals surface area contributed by atoms with E-state index in [0.29, 0.717) is 18.6 Å². The molecule has 0 unspecified atom stereocenters. The molecule has 2 aromatic carbocycles. The molecule has 0 aliphatic heterocycles. The molecule has 0 amide bonds. The molecule has 0 N–H and O–H groups in total. The Labute approximate surface area is 123 Å². The Hall–Kier alpha value is -2.69. The molecule has 5 nitrogen and oxygen atoms in total. The first kappa shape index (κ1) is 16.4. The van der Waals surface area contributed by atoms with Gasteiger partial charge in [-0.2, -0.15) is 0 Å². The molecule has 0 spiro atoms.